The predicted octanol–water partition coefficient (Wildman–Crippen LogP) is 1.52. The molecule has 2 rings (SSSR count). The molecule has 1 aromatic rings. The third-order valence-electron chi connectivity index (χ3n) is 2.70. The minimum Gasteiger partial charge on any atom is -0.480 e. The van der Waals surface area contributed by atoms with Gasteiger partial charge in [-0.25, -0.2) is 4.98 Å². The molecule has 98 valence electrons. The number of hydrogen-bond acceptors (Lipinski definition) is 4. The number of aromatic nitrogens is 1. The molecular weight excluding hydrogens is 298 g/mol. The lowest BCUT2D eigenvalue weighted by atomic mass is 10.3. The van der Waals surface area contributed by atoms with Gasteiger partial charge in [0.1, 0.15) is 4.60 Å². The molecule has 0 saturated carbocycles. The van der Waals surface area contributed by atoms with Crippen LogP contribution in [-0.2, 0) is 4.79 Å². The van der Waals surface area contributed by atoms with Crippen LogP contribution < -0.4 is 9.64 Å². The summed E-state index contributed by atoms with van der Waals surface area (Å²) in [4.78, 5) is 20.0. The van der Waals surface area contributed by atoms with E-state index in [9.17, 15) is 4.79 Å². The summed E-state index contributed by atoms with van der Waals surface area (Å²) in [6, 6.07) is 3.64. The van der Waals surface area contributed by atoms with Gasteiger partial charge in [0, 0.05) is 6.54 Å². The zero-order valence-electron chi connectivity index (χ0n) is 10.5. The average Bonchev–Trinajstić information content (AvgIpc) is 2.31. The number of amides is 1. The largest absolute Gasteiger partial charge is 0.480 e. The van der Waals surface area contributed by atoms with Crippen LogP contribution in [0.15, 0.2) is 16.7 Å². The Hall–Kier alpha value is -1.14. The molecule has 5 nitrogen and oxygen atoms in total. The summed E-state index contributed by atoms with van der Waals surface area (Å²) in [7, 11) is 4.04. The van der Waals surface area contributed by atoms with Crippen molar-refractivity contribution in [1.82, 2.24) is 9.88 Å². The van der Waals surface area contributed by atoms with Gasteiger partial charge in [0.15, 0.2) is 18.2 Å². The van der Waals surface area contributed by atoms with E-state index in [2.05, 4.69) is 25.8 Å². The number of carbonyl (C=O) groups is 1. The third kappa shape index (κ3) is 3.00. The van der Waals surface area contributed by atoms with Crippen molar-refractivity contribution in [1.29, 1.82) is 0 Å². The molecule has 1 aliphatic rings. The zero-order valence-corrected chi connectivity index (χ0v) is 12.1. The van der Waals surface area contributed by atoms with Crippen molar-refractivity contribution in [2.45, 2.75) is 6.42 Å². The second kappa shape index (κ2) is 5.67. The summed E-state index contributed by atoms with van der Waals surface area (Å²) in [6.45, 7) is 1.70. The quantitative estimate of drug-likeness (QED) is 0.791. The summed E-state index contributed by atoms with van der Waals surface area (Å²) in [5.41, 5.74) is 0. The van der Waals surface area contributed by atoms with E-state index in [1.165, 1.54) is 0 Å². The van der Waals surface area contributed by atoms with Gasteiger partial charge in [-0.2, -0.15) is 0 Å². The molecule has 0 N–H and O–H groups in total. The summed E-state index contributed by atoms with van der Waals surface area (Å²) in [6.07, 6.45) is 0.909. The lowest BCUT2D eigenvalue weighted by Crippen LogP contribution is -2.40. The van der Waals surface area contributed by atoms with Gasteiger partial charge < -0.3 is 9.64 Å². The Morgan fingerprint density at radius 1 is 1.50 bits per heavy atom. The maximum Gasteiger partial charge on any atom is 0.266 e. The van der Waals surface area contributed by atoms with Crippen molar-refractivity contribution >= 4 is 27.7 Å². The van der Waals surface area contributed by atoms with Crippen LogP contribution >= 0.6 is 15.9 Å². The number of nitrogens with zero attached hydrogens (tertiary/aromatic N) is 3. The Bertz CT molecular complexity index is 451. The first-order valence-corrected chi connectivity index (χ1v) is 6.61. The van der Waals surface area contributed by atoms with Gasteiger partial charge >= 0.3 is 0 Å². The molecule has 0 aliphatic carbocycles. The maximum atomic E-state index is 11.9. The molecule has 0 radical (unpaired) electrons. The Morgan fingerprint density at radius 3 is 3.00 bits per heavy atom. The Kier molecular flexibility index (Phi) is 4.19. The number of pyridine rings is 1. The zero-order chi connectivity index (χ0) is 13.1. The smallest absolute Gasteiger partial charge is 0.266 e. The van der Waals surface area contributed by atoms with Gasteiger partial charge in [0.25, 0.3) is 5.91 Å². The molecule has 0 aromatic carbocycles. The first-order valence-electron chi connectivity index (χ1n) is 5.82. The normalized spacial score (nSPS) is 14.7. The number of anilines is 1. The van der Waals surface area contributed by atoms with Crippen molar-refractivity contribution < 1.29 is 9.53 Å². The predicted molar refractivity (Wildman–Crippen MR) is 73.0 cm³/mol. The molecule has 0 bridgehead atoms. The Morgan fingerprint density at radius 2 is 2.28 bits per heavy atom. The van der Waals surface area contributed by atoms with E-state index in [0.29, 0.717) is 22.7 Å². The number of hydrogen-bond donors (Lipinski definition) is 0. The third-order valence-corrected chi connectivity index (χ3v) is 3.14. The summed E-state index contributed by atoms with van der Waals surface area (Å²) < 4.78 is 6.07. The molecule has 6 heteroatoms. The van der Waals surface area contributed by atoms with Crippen molar-refractivity contribution in [3.8, 4) is 5.75 Å². The number of ether oxygens (including phenoxy) is 1. The second-order valence-electron chi connectivity index (χ2n) is 4.45. The summed E-state index contributed by atoms with van der Waals surface area (Å²) in [5.74, 6) is 1.24. The van der Waals surface area contributed by atoms with Gasteiger partial charge in [-0.3, -0.25) is 9.69 Å². The highest BCUT2D eigenvalue weighted by Crippen LogP contribution is 2.31. The lowest BCUT2D eigenvalue weighted by Gasteiger charge is -2.28. The van der Waals surface area contributed by atoms with Crippen LogP contribution in [0, 0.1) is 0 Å². The fourth-order valence-electron chi connectivity index (χ4n) is 1.83. The molecule has 18 heavy (non-hydrogen) atoms. The first-order chi connectivity index (χ1) is 8.58. The molecule has 1 aromatic heterocycles. The highest BCUT2D eigenvalue weighted by atomic mass is 79.9. The first kappa shape index (κ1) is 13.3. The van der Waals surface area contributed by atoms with Crippen molar-refractivity contribution in [2.75, 3.05) is 38.7 Å². The molecule has 0 unspecified atom stereocenters. The lowest BCUT2D eigenvalue weighted by molar-refractivity contribution is -0.121. The summed E-state index contributed by atoms with van der Waals surface area (Å²) in [5, 5.41) is 0. The Labute approximate surface area is 115 Å². The van der Waals surface area contributed by atoms with Crippen LogP contribution in [0.25, 0.3) is 0 Å². The number of halogens is 1. The van der Waals surface area contributed by atoms with Gasteiger partial charge in [-0.1, -0.05) is 0 Å². The topological polar surface area (TPSA) is 45.7 Å². The molecule has 1 aliphatic heterocycles. The highest BCUT2D eigenvalue weighted by molar-refractivity contribution is 9.10. The fraction of sp³-hybridized carbons (Fsp3) is 0.500. The average molecular weight is 314 g/mol. The van der Waals surface area contributed by atoms with Crippen molar-refractivity contribution in [3.63, 3.8) is 0 Å². The van der Waals surface area contributed by atoms with Gasteiger partial charge in [0.05, 0.1) is 0 Å². The SMILES string of the molecule is CN(C)CCCN1C(=O)COc2ccc(Br)nc21. The van der Waals surface area contributed by atoms with Crippen LogP contribution in [0.5, 0.6) is 5.75 Å². The van der Waals surface area contributed by atoms with Crippen LogP contribution in [0.4, 0.5) is 5.82 Å². The second-order valence-corrected chi connectivity index (χ2v) is 5.26. The van der Waals surface area contributed by atoms with Crippen molar-refractivity contribution in [2.24, 2.45) is 0 Å². The van der Waals surface area contributed by atoms with Crippen LogP contribution in [0.2, 0.25) is 0 Å². The van der Waals surface area contributed by atoms with Gasteiger partial charge in [-0.15, -0.1) is 0 Å². The molecule has 0 fully saturated rings. The molecule has 1 amide bonds. The minimum atomic E-state index is -0.0353. The van der Waals surface area contributed by atoms with E-state index >= 15 is 0 Å². The number of rotatable bonds is 4. The van der Waals surface area contributed by atoms with Crippen molar-refractivity contribution in [3.05, 3.63) is 16.7 Å². The fourth-order valence-corrected chi connectivity index (χ4v) is 2.13. The minimum absolute atomic E-state index is 0.0353. The molecule has 2 heterocycles. The molecular formula is C12H16BrN3O2. The number of fused-ring (bicyclic) bond motifs is 1. The van der Waals surface area contributed by atoms with E-state index < -0.39 is 0 Å². The van der Waals surface area contributed by atoms with Gasteiger partial charge in [0.2, 0.25) is 0 Å². The van der Waals surface area contributed by atoms with Gasteiger partial charge in [-0.05, 0) is 55.1 Å². The van der Waals surface area contributed by atoms with Crippen LogP contribution in [0.1, 0.15) is 6.42 Å². The van der Waals surface area contributed by atoms with E-state index in [1.54, 1.807) is 4.90 Å². The van der Waals surface area contributed by atoms with Crippen LogP contribution in [-0.4, -0.2) is 49.6 Å². The number of carbonyl (C=O) groups excluding carboxylic acids is 1. The summed E-state index contributed by atoms with van der Waals surface area (Å²) >= 11 is 3.32. The standard InChI is InChI=1S/C12H16BrN3O2/c1-15(2)6-3-7-16-11(17)8-18-9-4-5-10(13)14-12(9)16/h4-5H,3,6-8H2,1-2H3. The van der Waals surface area contributed by atoms with E-state index in [1.807, 2.05) is 26.2 Å². The maximum absolute atomic E-state index is 11.9. The van der Waals surface area contributed by atoms with E-state index in [4.69, 9.17) is 4.74 Å². The van der Waals surface area contributed by atoms with E-state index in [0.717, 1.165) is 13.0 Å². The molecule has 0 spiro atoms. The van der Waals surface area contributed by atoms with E-state index in [-0.39, 0.29) is 12.5 Å². The monoisotopic (exact) mass is 313 g/mol. The molecule has 0 saturated heterocycles. The van der Waals surface area contributed by atoms with Crippen LogP contribution in [0.3, 0.4) is 0 Å². The molecule has 0 atom stereocenters. The highest BCUT2D eigenvalue weighted by Gasteiger charge is 2.26. The Balaban J connectivity index is 2.14.